The van der Waals surface area contributed by atoms with Crippen LogP contribution in [-0.4, -0.2) is 28.4 Å². The summed E-state index contributed by atoms with van der Waals surface area (Å²) in [5.41, 5.74) is -0.244. The predicted octanol–water partition coefficient (Wildman–Crippen LogP) is 1.12. The minimum atomic E-state index is -1.08. The SMILES string of the molecule is O=C(O)c1ccn(CCC2CCCO2)c(=O)c1. The Kier molecular flexibility index (Phi) is 3.58. The van der Waals surface area contributed by atoms with Gasteiger partial charge < -0.3 is 14.4 Å². The Balaban J connectivity index is 2.01. The summed E-state index contributed by atoms with van der Waals surface area (Å²) >= 11 is 0. The quantitative estimate of drug-likeness (QED) is 0.851. The predicted molar refractivity (Wildman–Crippen MR) is 61.3 cm³/mol. The third-order valence-electron chi connectivity index (χ3n) is 2.96. The lowest BCUT2D eigenvalue weighted by atomic mass is 10.2. The standard InChI is InChI=1S/C12H15NO4/c14-11-8-9(12(15)16)3-5-13(11)6-4-10-2-1-7-17-10/h3,5,8,10H,1-2,4,6-7H2,(H,15,16). The minimum Gasteiger partial charge on any atom is -0.478 e. The van der Waals surface area contributed by atoms with Crippen molar-refractivity contribution in [2.75, 3.05) is 6.61 Å². The third kappa shape index (κ3) is 2.94. The molecule has 1 saturated heterocycles. The van der Waals surface area contributed by atoms with Gasteiger partial charge in [0.1, 0.15) is 0 Å². The molecule has 1 aromatic heterocycles. The highest BCUT2D eigenvalue weighted by atomic mass is 16.5. The lowest BCUT2D eigenvalue weighted by molar-refractivity contribution is 0.0696. The summed E-state index contributed by atoms with van der Waals surface area (Å²) in [6.07, 6.45) is 4.69. The van der Waals surface area contributed by atoms with Gasteiger partial charge in [0.05, 0.1) is 11.7 Å². The second kappa shape index (κ2) is 5.14. The number of aryl methyl sites for hydroxylation is 1. The van der Waals surface area contributed by atoms with Crippen molar-refractivity contribution >= 4 is 5.97 Å². The molecule has 0 aliphatic carbocycles. The van der Waals surface area contributed by atoms with Gasteiger partial charge in [-0.05, 0) is 25.3 Å². The number of rotatable bonds is 4. The molecular weight excluding hydrogens is 222 g/mol. The van der Waals surface area contributed by atoms with Gasteiger partial charge in [-0.2, -0.15) is 0 Å². The molecule has 1 aliphatic rings. The fourth-order valence-corrected chi connectivity index (χ4v) is 1.98. The molecule has 92 valence electrons. The second-order valence-electron chi connectivity index (χ2n) is 4.18. The first kappa shape index (κ1) is 11.9. The van der Waals surface area contributed by atoms with Gasteiger partial charge >= 0.3 is 5.97 Å². The molecule has 5 heteroatoms. The molecule has 5 nitrogen and oxygen atoms in total. The smallest absolute Gasteiger partial charge is 0.335 e. The molecule has 1 unspecified atom stereocenters. The van der Waals surface area contributed by atoms with Crippen molar-refractivity contribution in [1.29, 1.82) is 0 Å². The molecule has 2 heterocycles. The second-order valence-corrected chi connectivity index (χ2v) is 4.18. The topological polar surface area (TPSA) is 68.5 Å². The van der Waals surface area contributed by atoms with Crippen molar-refractivity contribution in [1.82, 2.24) is 4.57 Å². The number of ether oxygens (including phenoxy) is 1. The molecular formula is C12H15NO4. The van der Waals surface area contributed by atoms with Crippen molar-refractivity contribution in [2.45, 2.75) is 31.9 Å². The molecule has 17 heavy (non-hydrogen) atoms. The molecule has 0 aromatic carbocycles. The van der Waals surface area contributed by atoms with Crippen LogP contribution in [0.15, 0.2) is 23.1 Å². The van der Waals surface area contributed by atoms with Crippen molar-refractivity contribution in [3.05, 3.63) is 34.2 Å². The van der Waals surface area contributed by atoms with E-state index >= 15 is 0 Å². The average molecular weight is 237 g/mol. The lowest BCUT2D eigenvalue weighted by Crippen LogP contribution is -2.22. The number of pyridine rings is 1. The highest BCUT2D eigenvalue weighted by Crippen LogP contribution is 2.15. The van der Waals surface area contributed by atoms with Crippen molar-refractivity contribution in [3.8, 4) is 0 Å². The van der Waals surface area contributed by atoms with Crippen LogP contribution < -0.4 is 5.56 Å². The van der Waals surface area contributed by atoms with Crippen molar-refractivity contribution in [3.63, 3.8) is 0 Å². The van der Waals surface area contributed by atoms with E-state index in [9.17, 15) is 9.59 Å². The minimum absolute atomic E-state index is 0.0309. The van der Waals surface area contributed by atoms with E-state index in [4.69, 9.17) is 9.84 Å². The van der Waals surface area contributed by atoms with Crippen LogP contribution in [0.2, 0.25) is 0 Å². The molecule has 1 atom stereocenters. The molecule has 1 N–H and O–H groups in total. The molecule has 1 fully saturated rings. The van der Waals surface area contributed by atoms with Crippen molar-refractivity contribution in [2.24, 2.45) is 0 Å². The summed E-state index contributed by atoms with van der Waals surface area (Å²) in [4.78, 5) is 22.3. The monoisotopic (exact) mass is 237 g/mol. The maximum absolute atomic E-state index is 11.6. The maximum atomic E-state index is 11.6. The van der Waals surface area contributed by atoms with Crippen LogP contribution in [-0.2, 0) is 11.3 Å². The Labute approximate surface area is 98.6 Å². The molecule has 0 spiro atoms. The molecule has 1 aromatic rings. The number of aromatic nitrogens is 1. The fourth-order valence-electron chi connectivity index (χ4n) is 1.98. The molecule has 2 rings (SSSR count). The molecule has 0 amide bonds. The van der Waals surface area contributed by atoms with E-state index in [2.05, 4.69) is 0 Å². The van der Waals surface area contributed by atoms with E-state index in [-0.39, 0.29) is 17.2 Å². The van der Waals surface area contributed by atoms with E-state index in [1.54, 1.807) is 0 Å². The highest BCUT2D eigenvalue weighted by Gasteiger charge is 2.15. The number of carbonyl (C=O) groups is 1. The van der Waals surface area contributed by atoms with Crippen LogP contribution in [0.3, 0.4) is 0 Å². The Hall–Kier alpha value is -1.62. The first-order valence-corrected chi connectivity index (χ1v) is 5.72. The van der Waals surface area contributed by atoms with Gasteiger partial charge in [-0.25, -0.2) is 4.79 Å². The Morgan fingerprint density at radius 3 is 3.00 bits per heavy atom. The summed E-state index contributed by atoms with van der Waals surface area (Å²) in [6, 6.07) is 2.59. The van der Waals surface area contributed by atoms with E-state index in [1.807, 2.05) is 0 Å². The van der Waals surface area contributed by atoms with Gasteiger partial charge in [-0.3, -0.25) is 4.79 Å². The highest BCUT2D eigenvalue weighted by molar-refractivity contribution is 5.87. The van der Waals surface area contributed by atoms with E-state index in [0.29, 0.717) is 6.54 Å². The molecule has 0 saturated carbocycles. The van der Waals surface area contributed by atoms with Crippen molar-refractivity contribution < 1.29 is 14.6 Å². The Morgan fingerprint density at radius 2 is 2.41 bits per heavy atom. The number of nitrogens with zero attached hydrogens (tertiary/aromatic N) is 1. The average Bonchev–Trinajstić information content (AvgIpc) is 2.80. The summed E-state index contributed by atoms with van der Waals surface area (Å²) in [5, 5.41) is 8.73. The fraction of sp³-hybridized carbons (Fsp3) is 0.500. The Bertz CT molecular complexity index is 460. The first-order chi connectivity index (χ1) is 8.16. The van der Waals surface area contributed by atoms with Crippen LogP contribution in [0.1, 0.15) is 29.6 Å². The largest absolute Gasteiger partial charge is 0.478 e. The van der Waals surface area contributed by atoms with Gasteiger partial charge in [-0.1, -0.05) is 0 Å². The van der Waals surface area contributed by atoms with Gasteiger partial charge in [0.25, 0.3) is 5.56 Å². The summed E-state index contributed by atoms with van der Waals surface area (Å²) in [5.74, 6) is -1.08. The zero-order valence-corrected chi connectivity index (χ0v) is 9.46. The van der Waals surface area contributed by atoms with E-state index < -0.39 is 5.97 Å². The van der Waals surface area contributed by atoms with Crippen LogP contribution in [0.5, 0.6) is 0 Å². The van der Waals surface area contributed by atoms with E-state index in [0.717, 1.165) is 31.9 Å². The van der Waals surface area contributed by atoms with Gasteiger partial charge in [-0.15, -0.1) is 0 Å². The zero-order valence-electron chi connectivity index (χ0n) is 9.46. The number of hydrogen-bond donors (Lipinski definition) is 1. The van der Waals surface area contributed by atoms with Crippen LogP contribution >= 0.6 is 0 Å². The zero-order chi connectivity index (χ0) is 12.3. The Morgan fingerprint density at radius 1 is 1.59 bits per heavy atom. The molecule has 0 radical (unpaired) electrons. The normalized spacial score (nSPS) is 19.4. The molecule has 1 aliphatic heterocycles. The third-order valence-corrected chi connectivity index (χ3v) is 2.96. The van der Waals surface area contributed by atoms with Gasteiger partial charge in [0.15, 0.2) is 0 Å². The van der Waals surface area contributed by atoms with Gasteiger partial charge in [0, 0.05) is 25.4 Å². The maximum Gasteiger partial charge on any atom is 0.335 e. The first-order valence-electron chi connectivity index (χ1n) is 5.72. The number of carboxylic acids is 1. The summed E-state index contributed by atoms with van der Waals surface area (Å²) in [7, 11) is 0. The van der Waals surface area contributed by atoms with Crippen LogP contribution in [0, 0.1) is 0 Å². The summed E-state index contributed by atoms with van der Waals surface area (Å²) < 4.78 is 6.99. The van der Waals surface area contributed by atoms with E-state index in [1.165, 1.54) is 16.8 Å². The number of hydrogen-bond acceptors (Lipinski definition) is 3. The van der Waals surface area contributed by atoms with Gasteiger partial charge in [0.2, 0.25) is 0 Å². The lowest BCUT2D eigenvalue weighted by Gasteiger charge is -2.10. The van der Waals surface area contributed by atoms with Crippen LogP contribution in [0.4, 0.5) is 0 Å². The number of aromatic carboxylic acids is 1. The van der Waals surface area contributed by atoms with Crippen LogP contribution in [0.25, 0.3) is 0 Å². The summed E-state index contributed by atoms with van der Waals surface area (Å²) in [6.45, 7) is 1.38. The number of carboxylic acid groups (broad SMARTS) is 1. The molecule has 0 bridgehead atoms.